The normalized spacial score (nSPS) is 19.1. The van der Waals surface area contributed by atoms with E-state index in [9.17, 15) is 21.6 Å². The minimum Gasteiger partial charge on any atom is -0.326 e. The van der Waals surface area contributed by atoms with Crippen LogP contribution < -0.4 is 5.32 Å². The molecule has 8 nitrogen and oxygen atoms in total. The maximum Gasteiger partial charge on any atom is 0.243 e. The molecule has 2 fully saturated rings. The summed E-state index contributed by atoms with van der Waals surface area (Å²) in [5.74, 6) is -0.362. The molecule has 1 amide bonds. The Bertz CT molecular complexity index is 1150. The third kappa shape index (κ3) is 4.73. The summed E-state index contributed by atoms with van der Waals surface area (Å²) in [6.07, 6.45) is 2.54. The van der Waals surface area contributed by atoms with E-state index in [0.717, 1.165) is 18.5 Å². The van der Waals surface area contributed by atoms with Crippen LogP contribution in [0.2, 0.25) is 0 Å². The Hall–Kier alpha value is -2.27. The van der Waals surface area contributed by atoms with Crippen molar-refractivity contribution in [3.8, 4) is 0 Å². The first kappa shape index (κ1) is 22.9. The van der Waals surface area contributed by atoms with Gasteiger partial charge in [-0.1, -0.05) is 18.2 Å². The van der Waals surface area contributed by atoms with Crippen molar-refractivity contribution in [2.75, 3.05) is 31.5 Å². The van der Waals surface area contributed by atoms with Crippen LogP contribution >= 0.6 is 0 Å². The number of benzene rings is 2. The lowest BCUT2D eigenvalue weighted by Crippen LogP contribution is -2.41. The zero-order valence-electron chi connectivity index (χ0n) is 17.7. The summed E-state index contributed by atoms with van der Waals surface area (Å²) in [6, 6.07) is 14.6. The van der Waals surface area contributed by atoms with Gasteiger partial charge in [0.2, 0.25) is 26.0 Å². The van der Waals surface area contributed by atoms with Gasteiger partial charge in [-0.2, -0.15) is 8.61 Å². The average molecular weight is 478 g/mol. The number of amides is 1. The molecule has 172 valence electrons. The second-order valence-electron chi connectivity index (χ2n) is 8.12. The van der Waals surface area contributed by atoms with Gasteiger partial charge in [0, 0.05) is 37.8 Å². The molecule has 0 saturated carbocycles. The Morgan fingerprint density at radius 1 is 0.719 bits per heavy atom. The van der Waals surface area contributed by atoms with Gasteiger partial charge >= 0.3 is 0 Å². The number of hydrogen-bond donors (Lipinski definition) is 1. The van der Waals surface area contributed by atoms with Crippen molar-refractivity contribution in [1.82, 2.24) is 8.61 Å². The second-order valence-corrected chi connectivity index (χ2v) is 12.0. The third-order valence-electron chi connectivity index (χ3n) is 6.03. The molecule has 2 saturated heterocycles. The first-order chi connectivity index (χ1) is 15.3. The second kappa shape index (κ2) is 9.30. The summed E-state index contributed by atoms with van der Waals surface area (Å²) in [7, 11) is -7.35. The Balaban J connectivity index is 1.39. The number of carbonyl (C=O) groups is 1. The highest BCUT2D eigenvalue weighted by Gasteiger charge is 2.33. The molecule has 0 unspecified atom stereocenters. The van der Waals surface area contributed by atoms with Gasteiger partial charge in [-0.25, -0.2) is 16.8 Å². The third-order valence-corrected chi connectivity index (χ3v) is 9.86. The number of anilines is 1. The van der Waals surface area contributed by atoms with Gasteiger partial charge in [-0.05, 0) is 62.1 Å². The lowest BCUT2D eigenvalue weighted by Gasteiger charge is -2.30. The van der Waals surface area contributed by atoms with E-state index in [2.05, 4.69) is 5.32 Å². The number of sulfonamides is 2. The fourth-order valence-corrected chi connectivity index (χ4v) is 7.12. The predicted octanol–water partition coefficient (Wildman–Crippen LogP) is 2.51. The van der Waals surface area contributed by atoms with E-state index >= 15 is 0 Å². The van der Waals surface area contributed by atoms with Gasteiger partial charge in [-0.3, -0.25) is 4.79 Å². The Labute approximate surface area is 189 Å². The van der Waals surface area contributed by atoms with Crippen LogP contribution in [0.5, 0.6) is 0 Å². The van der Waals surface area contributed by atoms with Crippen molar-refractivity contribution in [2.45, 2.75) is 35.5 Å². The highest BCUT2D eigenvalue weighted by Crippen LogP contribution is 2.27. The maximum absolute atomic E-state index is 13.0. The quantitative estimate of drug-likeness (QED) is 0.689. The first-order valence-corrected chi connectivity index (χ1v) is 13.6. The lowest BCUT2D eigenvalue weighted by atomic mass is 9.97. The SMILES string of the molecule is O=C(Nc1ccccc1)C1CCN(S(=O)(=O)c2ccc(S(=O)(=O)N3CCCC3)cc2)CC1. The van der Waals surface area contributed by atoms with Gasteiger partial charge in [-0.15, -0.1) is 0 Å². The van der Waals surface area contributed by atoms with Crippen LogP contribution in [0.25, 0.3) is 0 Å². The molecular formula is C22H27N3O5S2. The van der Waals surface area contributed by atoms with Crippen molar-refractivity contribution in [3.05, 3.63) is 54.6 Å². The maximum atomic E-state index is 13.0. The number of carbonyl (C=O) groups excluding carboxylic acids is 1. The highest BCUT2D eigenvalue weighted by atomic mass is 32.2. The van der Waals surface area contributed by atoms with E-state index in [1.165, 1.54) is 32.9 Å². The number of hydrogen-bond acceptors (Lipinski definition) is 5. The van der Waals surface area contributed by atoms with Crippen LogP contribution in [0, 0.1) is 5.92 Å². The number of nitrogens with one attached hydrogen (secondary N) is 1. The Morgan fingerprint density at radius 2 is 1.19 bits per heavy atom. The molecule has 0 aromatic heterocycles. The van der Waals surface area contributed by atoms with Crippen molar-refractivity contribution in [1.29, 1.82) is 0 Å². The molecule has 2 aromatic rings. The number of piperidine rings is 1. The summed E-state index contributed by atoms with van der Waals surface area (Å²) in [5, 5.41) is 2.87. The summed E-state index contributed by atoms with van der Waals surface area (Å²) >= 11 is 0. The lowest BCUT2D eigenvalue weighted by molar-refractivity contribution is -0.120. The molecule has 0 radical (unpaired) electrons. The number of para-hydroxylation sites is 1. The molecular weight excluding hydrogens is 450 g/mol. The van der Waals surface area contributed by atoms with Crippen LogP contribution in [-0.4, -0.2) is 57.5 Å². The molecule has 0 atom stereocenters. The van der Waals surface area contributed by atoms with E-state index in [-0.39, 0.29) is 34.7 Å². The molecule has 2 aliphatic rings. The first-order valence-electron chi connectivity index (χ1n) is 10.7. The fourth-order valence-electron chi connectivity index (χ4n) is 4.13. The van der Waals surface area contributed by atoms with E-state index in [0.29, 0.717) is 25.9 Å². The van der Waals surface area contributed by atoms with E-state index in [1.807, 2.05) is 30.3 Å². The molecule has 2 aliphatic heterocycles. The molecule has 0 aliphatic carbocycles. The van der Waals surface area contributed by atoms with Gasteiger partial charge in [0.1, 0.15) is 0 Å². The zero-order valence-corrected chi connectivity index (χ0v) is 19.3. The van der Waals surface area contributed by atoms with Crippen molar-refractivity contribution in [2.24, 2.45) is 5.92 Å². The smallest absolute Gasteiger partial charge is 0.243 e. The van der Waals surface area contributed by atoms with Gasteiger partial charge in [0.15, 0.2) is 0 Å². The van der Waals surface area contributed by atoms with Gasteiger partial charge < -0.3 is 5.32 Å². The van der Waals surface area contributed by atoms with Gasteiger partial charge in [0.05, 0.1) is 9.79 Å². The van der Waals surface area contributed by atoms with Crippen LogP contribution in [-0.2, 0) is 24.8 Å². The monoisotopic (exact) mass is 477 g/mol. The summed E-state index contributed by atoms with van der Waals surface area (Å²) in [6.45, 7) is 1.47. The number of nitrogens with zero attached hydrogens (tertiary/aromatic N) is 2. The summed E-state index contributed by atoms with van der Waals surface area (Å²) in [5.41, 5.74) is 0.719. The van der Waals surface area contributed by atoms with Crippen molar-refractivity contribution in [3.63, 3.8) is 0 Å². The summed E-state index contributed by atoms with van der Waals surface area (Å²) in [4.78, 5) is 12.7. The molecule has 4 rings (SSSR count). The predicted molar refractivity (Wildman–Crippen MR) is 121 cm³/mol. The van der Waals surface area contributed by atoms with Crippen LogP contribution in [0.4, 0.5) is 5.69 Å². The molecule has 2 aromatic carbocycles. The van der Waals surface area contributed by atoms with Crippen molar-refractivity contribution < 1.29 is 21.6 Å². The minimum atomic E-state index is -3.76. The van der Waals surface area contributed by atoms with E-state index in [4.69, 9.17) is 0 Å². The topological polar surface area (TPSA) is 104 Å². The molecule has 0 spiro atoms. The van der Waals surface area contributed by atoms with Crippen LogP contribution in [0.15, 0.2) is 64.4 Å². The van der Waals surface area contributed by atoms with Gasteiger partial charge in [0.25, 0.3) is 0 Å². The molecule has 1 N–H and O–H groups in total. The van der Waals surface area contributed by atoms with Crippen LogP contribution in [0.1, 0.15) is 25.7 Å². The average Bonchev–Trinajstić information content (AvgIpc) is 3.36. The molecule has 32 heavy (non-hydrogen) atoms. The standard InChI is InChI=1S/C22H27N3O5S2/c26-22(23-19-6-2-1-3-7-19)18-12-16-25(17-13-18)32(29,30)21-10-8-20(9-11-21)31(27,28)24-14-4-5-15-24/h1-3,6-11,18H,4-5,12-17H2,(H,23,26). The van der Waals surface area contributed by atoms with Crippen molar-refractivity contribution >= 4 is 31.6 Å². The van der Waals surface area contributed by atoms with E-state index < -0.39 is 20.0 Å². The summed E-state index contributed by atoms with van der Waals surface area (Å²) < 4.78 is 54.2. The molecule has 10 heteroatoms. The largest absolute Gasteiger partial charge is 0.326 e. The molecule has 2 heterocycles. The Kier molecular flexibility index (Phi) is 6.66. The van der Waals surface area contributed by atoms with Crippen LogP contribution in [0.3, 0.4) is 0 Å². The number of rotatable bonds is 6. The van der Waals surface area contributed by atoms with E-state index in [1.54, 1.807) is 0 Å². The zero-order chi connectivity index (χ0) is 22.8. The minimum absolute atomic E-state index is 0.0602. The highest BCUT2D eigenvalue weighted by molar-refractivity contribution is 7.89. The fraction of sp³-hybridized carbons (Fsp3) is 0.409. The molecule has 0 bridgehead atoms. The Morgan fingerprint density at radius 3 is 1.69 bits per heavy atom.